The fourth-order valence-electron chi connectivity index (χ4n) is 1.62. The molecule has 0 unspecified atom stereocenters. The van der Waals surface area contributed by atoms with Crippen molar-refractivity contribution in [3.8, 4) is 0 Å². The van der Waals surface area contributed by atoms with Crippen molar-refractivity contribution >= 4 is 34.8 Å². The van der Waals surface area contributed by atoms with E-state index in [1.807, 2.05) is 0 Å². The number of aryl methyl sites for hydroxylation is 1. The molecular formula is C10H14N6O3S. The molecular weight excluding hydrogens is 284 g/mol. The third kappa shape index (κ3) is 3.08. The van der Waals surface area contributed by atoms with Crippen LogP contribution in [0.1, 0.15) is 0 Å². The second kappa shape index (κ2) is 5.92. The summed E-state index contributed by atoms with van der Waals surface area (Å²) in [5.41, 5.74) is 11.1. The molecule has 0 aliphatic heterocycles. The monoisotopic (exact) mass is 298 g/mol. The summed E-state index contributed by atoms with van der Waals surface area (Å²) in [5, 5.41) is 8.65. The molecule has 9 nitrogen and oxygen atoms in total. The fraction of sp³-hybridized carbons (Fsp3) is 0.400. The minimum atomic E-state index is -1.03. The van der Waals surface area contributed by atoms with Gasteiger partial charge in [0.15, 0.2) is 11.2 Å². The molecule has 2 aromatic heterocycles. The summed E-state index contributed by atoms with van der Waals surface area (Å²) in [6.45, 7) is 0.502. The van der Waals surface area contributed by atoms with Crippen molar-refractivity contribution in [3.63, 3.8) is 0 Å². The van der Waals surface area contributed by atoms with Crippen molar-refractivity contribution < 1.29 is 9.90 Å². The normalized spacial score (nSPS) is 12.7. The highest BCUT2D eigenvalue weighted by Crippen LogP contribution is 2.09. The molecule has 2 rings (SSSR count). The zero-order chi connectivity index (χ0) is 14.7. The van der Waals surface area contributed by atoms with E-state index in [2.05, 4.69) is 15.0 Å². The van der Waals surface area contributed by atoms with Crippen LogP contribution in [0.3, 0.4) is 0 Å². The zero-order valence-corrected chi connectivity index (χ0v) is 11.3. The summed E-state index contributed by atoms with van der Waals surface area (Å²) in [4.78, 5) is 32.7. The average molecular weight is 298 g/mol. The predicted molar refractivity (Wildman–Crippen MR) is 75.5 cm³/mol. The van der Waals surface area contributed by atoms with E-state index in [1.165, 1.54) is 18.1 Å². The van der Waals surface area contributed by atoms with Crippen LogP contribution in [-0.2, 0) is 11.3 Å². The van der Waals surface area contributed by atoms with Crippen LogP contribution < -0.4 is 17.0 Å². The quantitative estimate of drug-likeness (QED) is 0.487. The first-order valence-corrected chi connectivity index (χ1v) is 6.91. The standard InChI is InChI=1S/C10H14N6O3S/c11-5(9(18)19)3-20-2-1-16-4-13-7-6(16)8(17)15-10(12)14-7/h4-5H,1-3,11H2,(H,18,19)(H3,12,14,15,17)/t5-/m0/s1. The van der Waals surface area contributed by atoms with Crippen molar-refractivity contribution in [1.29, 1.82) is 0 Å². The van der Waals surface area contributed by atoms with E-state index >= 15 is 0 Å². The Bertz CT molecular complexity index is 681. The number of carbonyl (C=O) groups is 1. The lowest BCUT2D eigenvalue weighted by atomic mass is 10.4. The number of carboxylic acids is 1. The molecule has 0 bridgehead atoms. The number of nitrogens with zero attached hydrogens (tertiary/aromatic N) is 3. The van der Waals surface area contributed by atoms with Crippen molar-refractivity contribution in [3.05, 3.63) is 16.7 Å². The molecule has 2 aromatic rings. The van der Waals surface area contributed by atoms with Gasteiger partial charge < -0.3 is 21.1 Å². The second-order valence-corrected chi connectivity index (χ2v) is 5.23. The molecule has 0 radical (unpaired) electrons. The molecule has 0 saturated carbocycles. The molecule has 0 aliphatic carbocycles. The van der Waals surface area contributed by atoms with Crippen molar-refractivity contribution in [2.75, 3.05) is 17.2 Å². The van der Waals surface area contributed by atoms with Gasteiger partial charge in [-0.3, -0.25) is 14.6 Å². The van der Waals surface area contributed by atoms with E-state index in [9.17, 15) is 9.59 Å². The summed E-state index contributed by atoms with van der Waals surface area (Å²) < 4.78 is 1.65. The van der Waals surface area contributed by atoms with Gasteiger partial charge in [-0.15, -0.1) is 0 Å². The number of anilines is 1. The molecule has 20 heavy (non-hydrogen) atoms. The van der Waals surface area contributed by atoms with Crippen LogP contribution in [0.15, 0.2) is 11.1 Å². The molecule has 0 spiro atoms. The molecule has 0 fully saturated rings. The Morgan fingerprint density at radius 3 is 3.05 bits per heavy atom. The van der Waals surface area contributed by atoms with Crippen LogP contribution in [-0.4, -0.2) is 48.1 Å². The lowest BCUT2D eigenvalue weighted by Crippen LogP contribution is -2.32. The third-order valence-electron chi connectivity index (χ3n) is 2.59. The Hall–Kier alpha value is -2.07. The minimum absolute atomic E-state index is 0.0227. The molecule has 0 amide bonds. The number of carboxylic acid groups (broad SMARTS) is 1. The van der Waals surface area contributed by atoms with Gasteiger partial charge in [-0.2, -0.15) is 16.7 Å². The molecule has 0 aliphatic rings. The van der Waals surface area contributed by atoms with E-state index in [1.54, 1.807) is 4.57 Å². The zero-order valence-electron chi connectivity index (χ0n) is 10.4. The molecule has 0 aromatic carbocycles. The number of nitrogens with one attached hydrogen (secondary N) is 1. The van der Waals surface area contributed by atoms with Crippen molar-refractivity contribution in [2.24, 2.45) is 5.73 Å². The SMILES string of the molecule is Nc1nc2ncn(CCSC[C@H](N)C(=O)O)c2c(=O)[nH]1. The first kappa shape index (κ1) is 14.3. The maximum absolute atomic E-state index is 11.8. The molecule has 10 heteroatoms. The van der Waals surface area contributed by atoms with Gasteiger partial charge in [0.2, 0.25) is 5.95 Å². The number of H-pyrrole nitrogens is 1. The maximum atomic E-state index is 11.8. The molecule has 6 N–H and O–H groups in total. The molecule has 0 saturated heterocycles. The highest BCUT2D eigenvalue weighted by atomic mass is 32.2. The number of aromatic nitrogens is 4. The lowest BCUT2D eigenvalue weighted by Gasteiger charge is -2.06. The number of hydrogen-bond donors (Lipinski definition) is 4. The Balaban J connectivity index is 2.01. The Morgan fingerprint density at radius 2 is 2.35 bits per heavy atom. The van der Waals surface area contributed by atoms with E-state index in [0.29, 0.717) is 29.2 Å². The molecule has 2 heterocycles. The van der Waals surface area contributed by atoms with Gasteiger partial charge in [0.05, 0.1) is 6.33 Å². The summed E-state index contributed by atoms with van der Waals surface area (Å²) in [5.74, 6) is -0.0870. The number of imidazole rings is 1. The minimum Gasteiger partial charge on any atom is -0.480 e. The number of thioether (sulfide) groups is 1. The lowest BCUT2D eigenvalue weighted by molar-refractivity contribution is -0.137. The first-order chi connectivity index (χ1) is 9.49. The van der Waals surface area contributed by atoms with Gasteiger partial charge in [-0.05, 0) is 0 Å². The number of rotatable bonds is 6. The fourth-order valence-corrected chi connectivity index (χ4v) is 2.51. The number of nitrogen functional groups attached to an aromatic ring is 1. The van der Waals surface area contributed by atoms with E-state index < -0.39 is 12.0 Å². The largest absolute Gasteiger partial charge is 0.480 e. The molecule has 1 atom stereocenters. The Kier molecular flexibility index (Phi) is 4.25. The van der Waals surface area contributed by atoms with E-state index in [-0.39, 0.29) is 11.5 Å². The van der Waals surface area contributed by atoms with Gasteiger partial charge >= 0.3 is 5.97 Å². The Labute approximate surface area is 117 Å². The van der Waals surface area contributed by atoms with Crippen LogP contribution in [0.2, 0.25) is 0 Å². The van der Waals surface area contributed by atoms with E-state index in [4.69, 9.17) is 16.6 Å². The Morgan fingerprint density at radius 1 is 1.60 bits per heavy atom. The maximum Gasteiger partial charge on any atom is 0.321 e. The van der Waals surface area contributed by atoms with E-state index in [0.717, 1.165) is 0 Å². The number of aliphatic carboxylic acids is 1. The summed E-state index contributed by atoms with van der Waals surface area (Å²) in [6, 6.07) is -0.885. The van der Waals surface area contributed by atoms with Gasteiger partial charge in [-0.1, -0.05) is 0 Å². The number of fused-ring (bicyclic) bond motifs is 1. The summed E-state index contributed by atoms with van der Waals surface area (Å²) in [7, 11) is 0. The van der Waals surface area contributed by atoms with Crippen molar-refractivity contribution in [1.82, 2.24) is 19.5 Å². The van der Waals surface area contributed by atoms with Gasteiger partial charge in [0.1, 0.15) is 6.04 Å². The topological polar surface area (TPSA) is 153 Å². The van der Waals surface area contributed by atoms with Crippen LogP contribution in [0, 0.1) is 0 Å². The van der Waals surface area contributed by atoms with Crippen LogP contribution in [0.4, 0.5) is 5.95 Å². The smallest absolute Gasteiger partial charge is 0.321 e. The number of aromatic amines is 1. The predicted octanol–water partition coefficient (Wildman–Crippen LogP) is -1.15. The van der Waals surface area contributed by atoms with Gasteiger partial charge in [0, 0.05) is 18.1 Å². The number of nitrogens with two attached hydrogens (primary N) is 2. The van der Waals surface area contributed by atoms with Crippen LogP contribution in [0.25, 0.3) is 11.2 Å². The van der Waals surface area contributed by atoms with Crippen LogP contribution >= 0.6 is 11.8 Å². The van der Waals surface area contributed by atoms with Gasteiger partial charge in [-0.25, -0.2) is 4.98 Å². The average Bonchev–Trinajstić information content (AvgIpc) is 2.77. The van der Waals surface area contributed by atoms with Crippen molar-refractivity contribution in [2.45, 2.75) is 12.6 Å². The summed E-state index contributed by atoms with van der Waals surface area (Å²) >= 11 is 1.39. The number of hydrogen-bond acceptors (Lipinski definition) is 7. The van der Waals surface area contributed by atoms with Gasteiger partial charge in [0.25, 0.3) is 5.56 Å². The third-order valence-corrected chi connectivity index (χ3v) is 3.66. The molecule has 108 valence electrons. The first-order valence-electron chi connectivity index (χ1n) is 5.76. The summed E-state index contributed by atoms with van der Waals surface area (Å²) in [6.07, 6.45) is 1.50. The second-order valence-electron chi connectivity index (χ2n) is 4.08. The highest BCUT2D eigenvalue weighted by Gasteiger charge is 2.12. The van der Waals surface area contributed by atoms with Crippen LogP contribution in [0.5, 0.6) is 0 Å². The highest BCUT2D eigenvalue weighted by molar-refractivity contribution is 7.99.